The maximum Gasteiger partial charge on any atom is 0.311 e. The Morgan fingerprint density at radius 1 is 1.44 bits per heavy atom. The van der Waals surface area contributed by atoms with E-state index < -0.39 is 6.10 Å². The summed E-state index contributed by atoms with van der Waals surface area (Å²) in [6, 6.07) is 0. The van der Waals surface area contributed by atoms with Crippen LogP contribution in [-0.4, -0.2) is 12.1 Å². The fraction of sp³-hybridized carbons (Fsp3) is 0.562. The van der Waals surface area contributed by atoms with Crippen LogP contribution in [-0.2, 0) is 9.53 Å². The second-order valence-electron chi connectivity index (χ2n) is 5.62. The molecule has 0 aromatic heterocycles. The fourth-order valence-corrected chi connectivity index (χ4v) is 2.30. The standard InChI is InChI=1S/C16H22O2/c1-7-9-12(8-2)18-15(17)14-13(10-11(3)4)16(14,5)6/h2,7,9-10,12-14H,1,3-6H3/b9-7+. The van der Waals surface area contributed by atoms with E-state index in [1.54, 1.807) is 12.2 Å². The minimum absolute atomic E-state index is 0.0244. The van der Waals surface area contributed by atoms with Gasteiger partial charge >= 0.3 is 5.97 Å². The van der Waals surface area contributed by atoms with Crippen molar-refractivity contribution in [3.63, 3.8) is 0 Å². The molecule has 18 heavy (non-hydrogen) atoms. The van der Waals surface area contributed by atoms with Crippen molar-refractivity contribution in [3.05, 3.63) is 23.8 Å². The third kappa shape index (κ3) is 3.04. The number of rotatable bonds is 4. The van der Waals surface area contributed by atoms with Gasteiger partial charge in [0.15, 0.2) is 6.10 Å². The van der Waals surface area contributed by atoms with Crippen molar-refractivity contribution in [1.29, 1.82) is 0 Å². The summed E-state index contributed by atoms with van der Waals surface area (Å²) in [7, 11) is 0. The van der Waals surface area contributed by atoms with Crippen molar-refractivity contribution in [3.8, 4) is 12.3 Å². The number of carbonyl (C=O) groups is 1. The van der Waals surface area contributed by atoms with Crippen molar-refractivity contribution >= 4 is 5.97 Å². The van der Waals surface area contributed by atoms with Gasteiger partial charge in [-0.1, -0.05) is 37.5 Å². The molecule has 3 atom stereocenters. The highest BCUT2D eigenvalue weighted by Gasteiger charge is 2.61. The summed E-state index contributed by atoms with van der Waals surface area (Å²) < 4.78 is 5.32. The first kappa shape index (κ1) is 14.6. The average Bonchev–Trinajstić information content (AvgIpc) is 2.78. The lowest BCUT2D eigenvalue weighted by Gasteiger charge is -2.08. The van der Waals surface area contributed by atoms with E-state index in [9.17, 15) is 4.79 Å². The van der Waals surface area contributed by atoms with Crippen molar-refractivity contribution in [1.82, 2.24) is 0 Å². The molecule has 0 aromatic carbocycles. The van der Waals surface area contributed by atoms with Crippen molar-refractivity contribution < 1.29 is 9.53 Å². The molecule has 0 heterocycles. The number of terminal acetylenes is 1. The molecule has 3 unspecified atom stereocenters. The van der Waals surface area contributed by atoms with Crippen molar-refractivity contribution in [2.75, 3.05) is 0 Å². The first-order valence-electron chi connectivity index (χ1n) is 6.29. The van der Waals surface area contributed by atoms with E-state index in [-0.39, 0.29) is 23.2 Å². The summed E-state index contributed by atoms with van der Waals surface area (Å²) >= 11 is 0. The predicted octanol–water partition coefficient (Wildman–Crippen LogP) is 3.35. The van der Waals surface area contributed by atoms with Crippen LogP contribution in [0.15, 0.2) is 23.8 Å². The van der Waals surface area contributed by atoms with Gasteiger partial charge in [0.05, 0.1) is 5.92 Å². The van der Waals surface area contributed by atoms with Crippen LogP contribution in [0.4, 0.5) is 0 Å². The highest BCUT2D eigenvalue weighted by Crippen LogP contribution is 2.59. The van der Waals surface area contributed by atoms with Gasteiger partial charge in [0.2, 0.25) is 0 Å². The summed E-state index contributed by atoms with van der Waals surface area (Å²) in [6.07, 6.45) is 10.4. The minimum atomic E-state index is -0.550. The Balaban J connectivity index is 2.70. The normalized spacial score (nSPS) is 26.2. The molecule has 2 nitrogen and oxygen atoms in total. The monoisotopic (exact) mass is 246 g/mol. The zero-order chi connectivity index (χ0) is 13.9. The van der Waals surface area contributed by atoms with Gasteiger partial charge in [0.1, 0.15) is 0 Å². The van der Waals surface area contributed by atoms with Gasteiger partial charge < -0.3 is 4.74 Å². The first-order chi connectivity index (χ1) is 8.34. The van der Waals surface area contributed by atoms with E-state index in [4.69, 9.17) is 11.2 Å². The molecule has 1 fully saturated rings. The lowest BCUT2D eigenvalue weighted by atomic mass is 10.1. The van der Waals surface area contributed by atoms with E-state index >= 15 is 0 Å². The minimum Gasteiger partial charge on any atom is -0.445 e. The number of carbonyl (C=O) groups excluding carboxylic acids is 1. The number of hydrogen-bond donors (Lipinski definition) is 0. The van der Waals surface area contributed by atoms with E-state index in [0.29, 0.717) is 0 Å². The van der Waals surface area contributed by atoms with Crippen LogP contribution in [0.5, 0.6) is 0 Å². The Kier molecular flexibility index (Phi) is 4.40. The van der Waals surface area contributed by atoms with Crippen LogP contribution in [0.1, 0.15) is 34.6 Å². The van der Waals surface area contributed by atoms with E-state index in [1.807, 2.05) is 20.8 Å². The molecule has 0 bridgehead atoms. The summed E-state index contributed by atoms with van der Waals surface area (Å²) in [6.45, 7) is 10.1. The molecule has 0 amide bonds. The molecule has 0 radical (unpaired) electrons. The van der Waals surface area contributed by atoms with E-state index in [1.165, 1.54) is 5.57 Å². The highest BCUT2D eigenvalue weighted by atomic mass is 16.5. The number of hydrogen-bond acceptors (Lipinski definition) is 2. The van der Waals surface area contributed by atoms with Gasteiger partial charge in [-0.05, 0) is 38.2 Å². The zero-order valence-corrected chi connectivity index (χ0v) is 11.9. The van der Waals surface area contributed by atoms with E-state index in [2.05, 4.69) is 25.8 Å². The molecule has 0 aliphatic heterocycles. The van der Waals surface area contributed by atoms with Gasteiger partial charge in [-0.2, -0.15) is 0 Å². The molecule has 0 spiro atoms. The Bertz CT molecular complexity index is 417. The van der Waals surface area contributed by atoms with Crippen molar-refractivity contribution in [2.24, 2.45) is 17.3 Å². The molecule has 0 saturated heterocycles. The number of ether oxygens (including phenoxy) is 1. The topological polar surface area (TPSA) is 26.3 Å². The molecule has 0 aromatic rings. The molecule has 1 rings (SSSR count). The lowest BCUT2D eigenvalue weighted by Crippen LogP contribution is -2.17. The second-order valence-corrected chi connectivity index (χ2v) is 5.62. The zero-order valence-electron chi connectivity index (χ0n) is 11.9. The number of esters is 1. The maximum absolute atomic E-state index is 12.1. The molecule has 1 saturated carbocycles. The fourth-order valence-electron chi connectivity index (χ4n) is 2.30. The Labute approximate surface area is 110 Å². The lowest BCUT2D eigenvalue weighted by molar-refractivity contribution is -0.147. The Morgan fingerprint density at radius 3 is 2.50 bits per heavy atom. The van der Waals surface area contributed by atoms with Crippen LogP contribution in [0.3, 0.4) is 0 Å². The molecule has 98 valence electrons. The SMILES string of the molecule is C#CC(/C=C/C)OC(=O)C1C(C=C(C)C)C1(C)C. The first-order valence-corrected chi connectivity index (χ1v) is 6.29. The van der Waals surface area contributed by atoms with Crippen LogP contribution >= 0.6 is 0 Å². The summed E-state index contributed by atoms with van der Waals surface area (Å²) in [4.78, 5) is 12.1. The van der Waals surface area contributed by atoms with Crippen LogP contribution in [0.25, 0.3) is 0 Å². The van der Waals surface area contributed by atoms with Crippen LogP contribution < -0.4 is 0 Å². The molecular formula is C16H22O2. The van der Waals surface area contributed by atoms with Crippen LogP contribution in [0.2, 0.25) is 0 Å². The smallest absolute Gasteiger partial charge is 0.311 e. The van der Waals surface area contributed by atoms with E-state index in [0.717, 1.165) is 0 Å². The van der Waals surface area contributed by atoms with Crippen LogP contribution in [0, 0.1) is 29.6 Å². The molecule has 1 aliphatic carbocycles. The molecular weight excluding hydrogens is 224 g/mol. The molecule has 0 N–H and O–H groups in total. The predicted molar refractivity (Wildman–Crippen MR) is 73.7 cm³/mol. The Morgan fingerprint density at radius 2 is 2.06 bits per heavy atom. The largest absolute Gasteiger partial charge is 0.445 e. The van der Waals surface area contributed by atoms with Gasteiger partial charge in [-0.25, -0.2) is 0 Å². The summed E-state index contributed by atoms with van der Waals surface area (Å²) in [5.41, 5.74) is 1.20. The highest BCUT2D eigenvalue weighted by molar-refractivity contribution is 5.78. The third-order valence-electron chi connectivity index (χ3n) is 3.45. The molecule has 1 aliphatic rings. The number of allylic oxidation sites excluding steroid dienone is 3. The third-order valence-corrected chi connectivity index (χ3v) is 3.45. The average molecular weight is 246 g/mol. The Hall–Kier alpha value is -1.49. The van der Waals surface area contributed by atoms with Gasteiger partial charge in [0, 0.05) is 0 Å². The maximum atomic E-state index is 12.1. The second kappa shape index (κ2) is 5.44. The van der Waals surface area contributed by atoms with Gasteiger partial charge in [-0.15, -0.1) is 6.42 Å². The van der Waals surface area contributed by atoms with Gasteiger partial charge in [-0.3, -0.25) is 4.79 Å². The molecule has 2 heteroatoms. The quantitative estimate of drug-likeness (QED) is 0.432. The van der Waals surface area contributed by atoms with Gasteiger partial charge in [0.25, 0.3) is 0 Å². The summed E-state index contributed by atoms with van der Waals surface area (Å²) in [5.74, 6) is 2.45. The van der Waals surface area contributed by atoms with Crippen molar-refractivity contribution in [2.45, 2.75) is 40.7 Å². The summed E-state index contributed by atoms with van der Waals surface area (Å²) in [5, 5.41) is 0.